The number of ether oxygens (including phenoxy) is 1. The van der Waals surface area contributed by atoms with E-state index < -0.39 is 5.41 Å². The van der Waals surface area contributed by atoms with Gasteiger partial charge in [0.15, 0.2) is 5.78 Å². The van der Waals surface area contributed by atoms with Crippen molar-refractivity contribution < 1.29 is 9.53 Å². The van der Waals surface area contributed by atoms with E-state index in [1.165, 1.54) is 0 Å². The molecule has 0 bridgehead atoms. The molecule has 108 valence electrons. The van der Waals surface area contributed by atoms with Crippen LogP contribution >= 0.6 is 11.6 Å². The Hall–Kier alpha value is -2.00. The molecule has 0 atom stereocenters. The molecule has 4 heteroatoms. The number of carbonyl (C=O) groups excluding carboxylic acids is 1. The number of hydrogen-bond acceptors (Lipinski definition) is 3. The van der Waals surface area contributed by atoms with E-state index in [2.05, 4.69) is 0 Å². The van der Waals surface area contributed by atoms with Crippen molar-refractivity contribution in [3.63, 3.8) is 0 Å². The Labute approximate surface area is 128 Å². The first-order valence-corrected chi connectivity index (χ1v) is 7.19. The first-order chi connectivity index (χ1) is 10.1. The molecule has 2 aromatic carbocycles. The average molecular weight is 302 g/mol. The number of ketones is 1. The molecule has 0 saturated heterocycles. The number of anilines is 1. The van der Waals surface area contributed by atoms with Crippen molar-refractivity contribution in [2.75, 3.05) is 12.8 Å². The van der Waals surface area contributed by atoms with Gasteiger partial charge in [0.2, 0.25) is 0 Å². The molecule has 1 saturated carbocycles. The molecule has 1 fully saturated rings. The van der Waals surface area contributed by atoms with Gasteiger partial charge in [-0.2, -0.15) is 0 Å². The quantitative estimate of drug-likeness (QED) is 0.689. The molecule has 1 aliphatic rings. The van der Waals surface area contributed by atoms with Gasteiger partial charge in [0.05, 0.1) is 17.5 Å². The molecule has 0 spiro atoms. The minimum absolute atomic E-state index is 0.113. The molecular weight excluding hydrogens is 286 g/mol. The lowest BCUT2D eigenvalue weighted by Gasteiger charge is -2.15. The summed E-state index contributed by atoms with van der Waals surface area (Å²) in [6.07, 6.45) is 1.72. The predicted molar refractivity (Wildman–Crippen MR) is 84.1 cm³/mol. The molecule has 0 aliphatic heterocycles. The van der Waals surface area contributed by atoms with E-state index in [4.69, 9.17) is 22.1 Å². The summed E-state index contributed by atoms with van der Waals surface area (Å²) in [6.45, 7) is 0. The van der Waals surface area contributed by atoms with Crippen LogP contribution in [-0.4, -0.2) is 12.9 Å². The standard InChI is InChI=1S/C17H16ClNO2/c1-21-15-10-11(2-7-14(15)18)16(20)17(8-9-17)12-3-5-13(19)6-4-12/h2-7,10H,8-9,19H2,1H3. The average Bonchev–Trinajstić information content (AvgIpc) is 3.29. The summed E-state index contributed by atoms with van der Waals surface area (Å²) >= 11 is 6.02. The van der Waals surface area contributed by atoms with Crippen LogP contribution in [0.2, 0.25) is 5.02 Å². The van der Waals surface area contributed by atoms with Gasteiger partial charge in [-0.25, -0.2) is 0 Å². The van der Waals surface area contributed by atoms with Crippen LogP contribution in [0.4, 0.5) is 5.69 Å². The van der Waals surface area contributed by atoms with Crippen molar-refractivity contribution in [1.29, 1.82) is 0 Å². The SMILES string of the molecule is COc1cc(C(=O)C2(c3ccc(N)cc3)CC2)ccc1Cl. The number of carbonyl (C=O) groups is 1. The van der Waals surface area contributed by atoms with Crippen LogP contribution in [0.3, 0.4) is 0 Å². The van der Waals surface area contributed by atoms with Gasteiger partial charge in [-0.1, -0.05) is 23.7 Å². The fourth-order valence-corrected chi connectivity index (χ4v) is 2.85. The van der Waals surface area contributed by atoms with Crippen molar-refractivity contribution in [3.05, 3.63) is 58.6 Å². The number of nitrogens with two attached hydrogens (primary N) is 1. The number of Topliss-reactive ketones (excluding diaryl/α,β-unsaturated/α-hetero) is 1. The number of benzene rings is 2. The molecule has 0 radical (unpaired) electrons. The third-order valence-electron chi connectivity index (χ3n) is 4.06. The minimum atomic E-state index is -0.410. The maximum Gasteiger partial charge on any atom is 0.173 e. The fraction of sp³-hybridized carbons (Fsp3) is 0.235. The highest BCUT2D eigenvalue weighted by molar-refractivity contribution is 6.32. The van der Waals surface area contributed by atoms with E-state index in [-0.39, 0.29) is 5.78 Å². The molecule has 0 unspecified atom stereocenters. The van der Waals surface area contributed by atoms with E-state index >= 15 is 0 Å². The van der Waals surface area contributed by atoms with Crippen LogP contribution in [0, 0.1) is 0 Å². The second-order valence-corrected chi connectivity index (χ2v) is 5.79. The zero-order valence-corrected chi connectivity index (χ0v) is 12.5. The van der Waals surface area contributed by atoms with Crippen LogP contribution in [0.5, 0.6) is 5.75 Å². The summed E-state index contributed by atoms with van der Waals surface area (Å²) in [5, 5.41) is 0.506. The van der Waals surface area contributed by atoms with Crippen molar-refractivity contribution in [1.82, 2.24) is 0 Å². The van der Waals surface area contributed by atoms with E-state index in [0.717, 1.165) is 18.4 Å². The van der Waals surface area contributed by atoms with E-state index in [1.54, 1.807) is 25.3 Å². The summed E-state index contributed by atoms with van der Waals surface area (Å²) in [5.41, 5.74) is 7.66. The van der Waals surface area contributed by atoms with Gasteiger partial charge in [-0.3, -0.25) is 4.79 Å². The molecule has 0 heterocycles. The largest absolute Gasteiger partial charge is 0.495 e. The molecule has 21 heavy (non-hydrogen) atoms. The summed E-state index contributed by atoms with van der Waals surface area (Å²) in [6, 6.07) is 12.7. The Balaban J connectivity index is 1.96. The smallest absolute Gasteiger partial charge is 0.173 e. The van der Waals surface area contributed by atoms with Crippen molar-refractivity contribution in [2.24, 2.45) is 0 Å². The van der Waals surface area contributed by atoms with Crippen molar-refractivity contribution in [3.8, 4) is 5.75 Å². The Morgan fingerprint density at radius 3 is 2.43 bits per heavy atom. The van der Waals surface area contributed by atoms with Crippen molar-refractivity contribution >= 4 is 23.1 Å². The first kappa shape index (κ1) is 14.0. The second-order valence-electron chi connectivity index (χ2n) is 5.38. The zero-order chi connectivity index (χ0) is 15.0. The summed E-state index contributed by atoms with van der Waals surface area (Å²) in [4.78, 5) is 12.9. The number of hydrogen-bond donors (Lipinski definition) is 1. The molecule has 0 amide bonds. The van der Waals surface area contributed by atoms with Gasteiger partial charge in [-0.15, -0.1) is 0 Å². The zero-order valence-electron chi connectivity index (χ0n) is 11.7. The van der Waals surface area contributed by atoms with Crippen LogP contribution < -0.4 is 10.5 Å². The first-order valence-electron chi connectivity index (χ1n) is 6.81. The van der Waals surface area contributed by atoms with Crippen LogP contribution in [-0.2, 0) is 5.41 Å². The molecule has 0 aromatic heterocycles. The number of methoxy groups -OCH3 is 1. The maximum absolute atomic E-state index is 12.9. The molecule has 1 aliphatic carbocycles. The lowest BCUT2D eigenvalue weighted by molar-refractivity contribution is 0.0945. The molecule has 2 aromatic rings. The highest BCUT2D eigenvalue weighted by Gasteiger charge is 2.51. The van der Waals surface area contributed by atoms with Gasteiger partial charge >= 0.3 is 0 Å². The van der Waals surface area contributed by atoms with E-state index in [0.29, 0.717) is 22.0 Å². The van der Waals surface area contributed by atoms with Gasteiger partial charge < -0.3 is 10.5 Å². The second kappa shape index (κ2) is 5.08. The Morgan fingerprint density at radius 1 is 1.19 bits per heavy atom. The minimum Gasteiger partial charge on any atom is -0.495 e. The summed E-state index contributed by atoms with van der Waals surface area (Å²) < 4.78 is 5.19. The van der Waals surface area contributed by atoms with Crippen molar-refractivity contribution in [2.45, 2.75) is 18.3 Å². The normalized spacial score (nSPS) is 15.5. The summed E-state index contributed by atoms with van der Waals surface area (Å²) in [5.74, 6) is 0.637. The topological polar surface area (TPSA) is 52.3 Å². The van der Waals surface area contributed by atoms with Crippen LogP contribution in [0.1, 0.15) is 28.8 Å². The molecule has 3 rings (SSSR count). The Morgan fingerprint density at radius 2 is 1.86 bits per heavy atom. The maximum atomic E-state index is 12.9. The highest BCUT2D eigenvalue weighted by Crippen LogP contribution is 2.51. The fourth-order valence-electron chi connectivity index (χ4n) is 2.65. The van der Waals surface area contributed by atoms with Crippen LogP contribution in [0.15, 0.2) is 42.5 Å². The molecule has 3 nitrogen and oxygen atoms in total. The predicted octanol–water partition coefficient (Wildman–Crippen LogP) is 3.85. The third-order valence-corrected chi connectivity index (χ3v) is 4.37. The molecular formula is C17H16ClNO2. The van der Waals surface area contributed by atoms with Crippen LogP contribution in [0.25, 0.3) is 0 Å². The van der Waals surface area contributed by atoms with Gasteiger partial charge in [0, 0.05) is 11.3 Å². The number of halogens is 1. The molecule has 2 N–H and O–H groups in total. The van der Waals surface area contributed by atoms with E-state index in [9.17, 15) is 4.79 Å². The Bertz CT molecular complexity index is 690. The number of rotatable bonds is 4. The highest BCUT2D eigenvalue weighted by atomic mass is 35.5. The summed E-state index contributed by atoms with van der Waals surface area (Å²) in [7, 11) is 1.54. The third kappa shape index (κ3) is 2.38. The lowest BCUT2D eigenvalue weighted by atomic mass is 9.87. The van der Waals surface area contributed by atoms with Gasteiger partial charge in [-0.05, 0) is 48.7 Å². The van der Waals surface area contributed by atoms with Gasteiger partial charge in [0.25, 0.3) is 0 Å². The van der Waals surface area contributed by atoms with E-state index in [1.807, 2.05) is 24.3 Å². The lowest BCUT2D eigenvalue weighted by Crippen LogP contribution is -2.20. The number of nitrogen functional groups attached to an aromatic ring is 1. The Kier molecular flexibility index (Phi) is 3.38. The van der Waals surface area contributed by atoms with Gasteiger partial charge in [0.1, 0.15) is 5.75 Å². The monoisotopic (exact) mass is 301 g/mol.